The van der Waals surface area contributed by atoms with E-state index in [-0.39, 0.29) is 11.5 Å². The second-order valence-corrected chi connectivity index (χ2v) is 7.61. The molecule has 2 heterocycles. The lowest BCUT2D eigenvalue weighted by Gasteiger charge is -2.04. The number of ketones is 1. The number of Topliss-reactive ketones (excluding diaryl/α,β-unsaturated/α-hetero) is 1. The molecule has 0 amide bonds. The first-order valence-corrected chi connectivity index (χ1v) is 9.93. The van der Waals surface area contributed by atoms with Crippen LogP contribution in [0.25, 0.3) is 22.6 Å². The van der Waals surface area contributed by atoms with Gasteiger partial charge in [0.2, 0.25) is 0 Å². The van der Waals surface area contributed by atoms with Crippen molar-refractivity contribution < 1.29 is 13.6 Å². The maximum absolute atomic E-state index is 12.7. The number of thioether (sulfide) groups is 1. The number of benzene rings is 2. The normalized spacial score (nSPS) is 12.0. The van der Waals surface area contributed by atoms with Crippen molar-refractivity contribution in [2.24, 2.45) is 0 Å². The zero-order valence-corrected chi connectivity index (χ0v) is 16.0. The minimum atomic E-state index is 0.0384. The van der Waals surface area contributed by atoms with E-state index in [0.717, 1.165) is 23.3 Å². The number of carbonyl (C=O) groups is 1. The summed E-state index contributed by atoms with van der Waals surface area (Å²) in [7, 11) is 0. The van der Waals surface area contributed by atoms with Crippen LogP contribution in [0.15, 0.2) is 68.9 Å². The Morgan fingerprint density at radius 3 is 2.75 bits per heavy atom. The first-order valence-electron chi connectivity index (χ1n) is 8.94. The molecule has 5 nitrogen and oxygen atoms in total. The van der Waals surface area contributed by atoms with E-state index >= 15 is 0 Å². The average Bonchev–Trinajstić information content (AvgIpc) is 3.43. The molecule has 0 fully saturated rings. The highest BCUT2D eigenvalue weighted by Gasteiger charge is 2.20. The van der Waals surface area contributed by atoms with Crippen LogP contribution in [0.1, 0.15) is 27.2 Å². The van der Waals surface area contributed by atoms with E-state index in [9.17, 15) is 4.79 Å². The van der Waals surface area contributed by atoms with Crippen LogP contribution in [0.4, 0.5) is 0 Å². The molecular formula is C22H16N2O3S. The van der Waals surface area contributed by atoms with Gasteiger partial charge >= 0.3 is 0 Å². The van der Waals surface area contributed by atoms with Crippen molar-refractivity contribution in [1.29, 1.82) is 0 Å². The summed E-state index contributed by atoms with van der Waals surface area (Å²) in [5, 5.41) is 8.42. The number of hydrogen-bond acceptors (Lipinski definition) is 6. The predicted octanol–water partition coefficient (Wildman–Crippen LogP) is 5.18. The minimum Gasteiger partial charge on any atom is -0.469 e. The van der Waals surface area contributed by atoms with Crippen LogP contribution < -0.4 is 0 Å². The highest BCUT2D eigenvalue weighted by molar-refractivity contribution is 7.99. The number of aryl methyl sites for hydroxylation is 1. The van der Waals surface area contributed by atoms with E-state index in [0.29, 0.717) is 16.7 Å². The third-order valence-corrected chi connectivity index (χ3v) is 5.76. The molecule has 0 bridgehead atoms. The van der Waals surface area contributed by atoms with E-state index in [4.69, 9.17) is 8.83 Å². The molecule has 5 rings (SSSR count). The summed E-state index contributed by atoms with van der Waals surface area (Å²) in [6.45, 7) is 1.84. The number of carbonyl (C=O) groups excluding carboxylic acids is 1. The molecule has 4 aromatic rings. The van der Waals surface area contributed by atoms with Gasteiger partial charge in [0.15, 0.2) is 5.78 Å². The van der Waals surface area contributed by atoms with Gasteiger partial charge in [-0.3, -0.25) is 4.79 Å². The van der Waals surface area contributed by atoms with Crippen molar-refractivity contribution in [3.05, 3.63) is 77.2 Å². The Morgan fingerprint density at radius 2 is 1.89 bits per heavy atom. The lowest BCUT2D eigenvalue weighted by atomic mass is 10.0. The fourth-order valence-electron chi connectivity index (χ4n) is 3.49. The lowest BCUT2D eigenvalue weighted by molar-refractivity contribution is 0.102. The maximum atomic E-state index is 12.7. The van der Waals surface area contributed by atoms with Crippen LogP contribution in [-0.2, 0) is 6.42 Å². The number of nitrogens with zero attached hydrogens (tertiary/aromatic N) is 2. The van der Waals surface area contributed by atoms with Gasteiger partial charge in [-0.1, -0.05) is 48.2 Å². The van der Waals surface area contributed by atoms with Crippen molar-refractivity contribution in [3.8, 4) is 22.6 Å². The number of rotatable bonds is 5. The van der Waals surface area contributed by atoms with Crippen LogP contribution in [-0.4, -0.2) is 21.7 Å². The molecule has 138 valence electrons. The number of hydrogen-bond donors (Lipinski definition) is 0. The Balaban J connectivity index is 1.31. The standard InChI is InChI=1S/C22H16N2O3S/c1-13-17(8-9-26-13)21-23-24-22(27-21)28-12-20(25)16-7-6-15-10-14-4-2-3-5-18(14)19(15)11-16/h2-9,11H,10,12H2,1H3. The molecule has 0 spiro atoms. The van der Waals surface area contributed by atoms with Crippen molar-refractivity contribution >= 4 is 17.5 Å². The van der Waals surface area contributed by atoms with E-state index < -0.39 is 0 Å². The molecule has 28 heavy (non-hydrogen) atoms. The molecule has 0 atom stereocenters. The molecule has 1 aliphatic carbocycles. The van der Waals surface area contributed by atoms with Crippen LogP contribution in [0.3, 0.4) is 0 Å². The van der Waals surface area contributed by atoms with Gasteiger partial charge in [-0.2, -0.15) is 0 Å². The second kappa shape index (κ2) is 6.80. The van der Waals surface area contributed by atoms with Gasteiger partial charge in [0.1, 0.15) is 5.76 Å². The first kappa shape index (κ1) is 17.0. The molecular weight excluding hydrogens is 372 g/mol. The first-order chi connectivity index (χ1) is 13.7. The zero-order chi connectivity index (χ0) is 19.1. The van der Waals surface area contributed by atoms with Crippen molar-refractivity contribution in [3.63, 3.8) is 0 Å². The molecule has 2 aromatic carbocycles. The smallest absolute Gasteiger partial charge is 0.277 e. The van der Waals surface area contributed by atoms with Gasteiger partial charge in [-0.05, 0) is 47.7 Å². The minimum absolute atomic E-state index is 0.0384. The Kier molecular flexibility index (Phi) is 4.13. The Hall–Kier alpha value is -3.12. The summed E-state index contributed by atoms with van der Waals surface area (Å²) in [4.78, 5) is 12.7. The van der Waals surface area contributed by atoms with Gasteiger partial charge in [0.25, 0.3) is 11.1 Å². The van der Waals surface area contributed by atoms with Crippen LogP contribution >= 0.6 is 11.8 Å². The van der Waals surface area contributed by atoms with Crippen LogP contribution in [0.5, 0.6) is 0 Å². The summed E-state index contributed by atoms with van der Waals surface area (Å²) in [6, 6.07) is 16.1. The van der Waals surface area contributed by atoms with Gasteiger partial charge in [0, 0.05) is 5.56 Å². The third-order valence-electron chi connectivity index (χ3n) is 4.94. The molecule has 1 aliphatic rings. The number of furan rings is 1. The zero-order valence-electron chi connectivity index (χ0n) is 15.1. The summed E-state index contributed by atoms with van der Waals surface area (Å²) in [5.74, 6) is 1.40. The Labute approximate surface area is 165 Å². The van der Waals surface area contributed by atoms with Crippen molar-refractivity contribution in [2.75, 3.05) is 5.75 Å². The molecule has 0 N–H and O–H groups in total. The molecule has 0 saturated heterocycles. The summed E-state index contributed by atoms with van der Waals surface area (Å²) >= 11 is 1.25. The SMILES string of the molecule is Cc1occc1-c1nnc(SCC(=O)c2ccc3c(c2)-c2ccccc2C3)o1. The molecule has 0 aliphatic heterocycles. The molecule has 6 heteroatoms. The summed E-state index contributed by atoms with van der Waals surface area (Å²) < 4.78 is 10.9. The molecule has 0 unspecified atom stereocenters. The quantitative estimate of drug-likeness (QED) is 0.305. The fourth-order valence-corrected chi connectivity index (χ4v) is 4.15. The number of fused-ring (bicyclic) bond motifs is 3. The Morgan fingerprint density at radius 1 is 1.04 bits per heavy atom. The average molecular weight is 388 g/mol. The van der Waals surface area contributed by atoms with Crippen molar-refractivity contribution in [2.45, 2.75) is 18.6 Å². The van der Waals surface area contributed by atoms with Crippen molar-refractivity contribution in [1.82, 2.24) is 10.2 Å². The van der Waals surface area contributed by atoms with E-state index in [1.165, 1.54) is 28.5 Å². The highest BCUT2D eigenvalue weighted by atomic mass is 32.2. The largest absolute Gasteiger partial charge is 0.469 e. The summed E-state index contributed by atoms with van der Waals surface area (Å²) in [6.07, 6.45) is 2.50. The second-order valence-electron chi connectivity index (χ2n) is 6.68. The Bertz CT molecular complexity index is 1190. The van der Waals surface area contributed by atoms with Crippen LogP contribution in [0, 0.1) is 6.92 Å². The summed E-state index contributed by atoms with van der Waals surface area (Å²) in [5.41, 5.74) is 6.42. The van der Waals surface area contributed by atoms with Gasteiger partial charge in [-0.15, -0.1) is 10.2 Å². The van der Waals surface area contributed by atoms with Gasteiger partial charge < -0.3 is 8.83 Å². The van der Waals surface area contributed by atoms with Gasteiger partial charge in [0.05, 0.1) is 17.6 Å². The van der Waals surface area contributed by atoms with E-state index in [1.54, 1.807) is 12.3 Å². The van der Waals surface area contributed by atoms with E-state index in [1.807, 2.05) is 25.1 Å². The monoisotopic (exact) mass is 388 g/mol. The molecule has 2 aromatic heterocycles. The maximum Gasteiger partial charge on any atom is 0.277 e. The fraction of sp³-hybridized carbons (Fsp3) is 0.136. The van der Waals surface area contributed by atoms with Crippen LogP contribution in [0.2, 0.25) is 0 Å². The van der Waals surface area contributed by atoms with E-state index in [2.05, 4.69) is 34.5 Å². The molecule has 0 radical (unpaired) electrons. The number of aromatic nitrogens is 2. The third kappa shape index (κ3) is 2.96. The predicted molar refractivity (Wildman–Crippen MR) is 106 cm³/mol. The van der Waals surface area contributed by atoms with Gasteiger partial charge in [-0.25, -0.2) is 0 Å². The highest BCUT2D eigenvalue weighted by Crippen LogP contribution is 2.37. The topological polar surface area (TPSA) is 69.1 Å². The molecule has 0 saturated carbocycles. The lowest BCUT2D eigenvalue weighted by Crippen LogP contribution is -2.02.